The lowest BCUT2D eigenvalue weighted by Gasteiger charge is -2.05. The summed E-state index contributed by atoms with van der Waals surface area (Å²) in [6.45, 7) is 3.87. The van der Waals surface area contributed by atoms with Crippen molar-refractivity contribution in [3.63, 3.8) is 0 Å². The highest BCUT2D eigenvalue weighted by Crippen LogP contribution is 2.19. The van der Waals surface area contributed by atoms with Crippen LogP contribution in [-0.2, 0) is 4.79 Å². The van der Waals surface area contributed by atoms with E-state index in [0.717, 1.165) is 5.56 Å². The number of rotatable bonds is 3. The molecule has 0 aliphatic heterocycles. The number of carbonyl (C=O) groups is 1. The van der Waals surface area contributed by atoms with E-state index < -0.39 is 0 Å². The zero-order valence-corrected chi connectivity index (χ0v) is 7.65. The molecule has 0 bridgehead atoms. The fourth-order valence-electron chi connectivity index (χ4n) is 1.01. The summed E-state index contributed by atoms with van der Waals surface area (Å²) in [4.78, 5) is 11.2. The van der Waals surface area contributed by atoms with Crippen molar-refractivity contribution in [1.29, 1.82) is 0 Å². The predicted octanol–water partition coefficient (Wildman–Crippen LogP) is 2.83. The van der Waals surface area contributed by atoms with E-state index in [1.54, 1.807) is 11.3 Å². The SMILES string of the molecule is CCC(=O)C(C)c1ccsc1. The van der Waals surface area contributed by atoms with Gasteiger partial charge in [-0.2, -0.15) is 11.3 Å². The maximum Gasteiger partial charge on any atom is 0.139 e. The number of hydrogen-bond donors (Lipinski definition) is 0. The summed E-state index contributed by atoms with van der Waals surface area (Å²) in [6, 6.07) is 2.02. The second-order valence-electron chi connectivity index (χ2n) is 2.60. The molecule has 0 N–H and O–H groups in total. The summed E-state index contributed by atoms with van der Waals surface area (Å²) < 4.78 is 0. The molecule has 1 heterocycles. The summed E-state index contributed by atoms with van der Waals surface area (Å²) in [5.41, 5.74) is 1.15. The van der Waals surface area contributed by atoms with Gasteiger partial charge in [-0.1, -0.05) is 13.8 Å². The van der Waals surface area contributed by atoms with E-state index in [2.05, 4.69) is 0 Å². The van der Waals surface area contributed by atoms with E-state index in [1.807, 2.05) is 30.7 Å². The largest absolute Gasteiger partial charge is 0.299 e. The van der Waals surface area contributed by atoms with Crippen molar-refractivity contribution in [2.45, 2.75) is 26.2 Å². The Morgan fingerprint density at radius 3 is 2.91 bits per heavy atom. The molecule has 1 aromatic heterocycles. The quantitative estimate of drug-likeness (QED) is 0.678. The topological polar surface area (TPSA) is 17.1 Å². The first-order valence-electron chi connectivity index (χ1n) is 3.80. The minimum atomic E-state index is 0.0891. The lowest BCUT2D eigenvalue weighted by atomic mass is 9.98. The Bertz CT molecular complexity index is 226. The first-order valence-corrected chi connectivity index (χ1v) is 4.74. The van der Waals surface area contributed by atoms with Crippen molar-refractivity contribution in [3.8, 4) is 0 Å². The average molecular weight is 168 g/mol. The van der Waals surface area contributed by atoms with E-state index in [-0.39, 0.29) is 5.92 Å². The van der Waals surface area contributed by atoms with Crippen LogP contribution in [0.5, 0.6) is 0 Å². The van der Waals surface area contributed by atoms with Gasteiger partial charge in [0.1, 0.15) is 5.78 Å². The van der Waals surface area contributed by atoms with Crippen LogP contribution in [-0.4, -0.2) is 5.78 Å². The minimum absolute atomic E-state index is 0.0891. The molecule has 1 nitrogen and oxygen atoms in total. The van der Waals surface area contributed by atoms with Crippen molar-refractivity contribution in [3.05, 3.63) is 22.4 Å². The average Bonchev–Trinajstić information content (AvgIpc) is 2.53. The van der Waals surface area contributed by atoms with E-state index in [9.17, 15) is 4.79 Å². The normalized spacial score (nSPS) is 12.9. The molecule has 0 amide bonds. The molecule has 0 fully saturated rings. The second kappa shape index (κ2) is 3.67. The molecule has 60 valence electrons. The van der Waals surface area contributed by atoms with E-state index in [0.29, 0.717) is 12.2 Å². The van der Waals surface area contributed by atoms with Crippen LogP contribution >= 0.6 is 11.3 Å². The van der Waals surface area contributed by atoms with Crippen molar-refractivity contribution in [1.82, 2.24) is 0 Å². The van der Waals surface area contributed by atoms with E-state index in [1.165, 1.54) is 0 Å². The van der Waals surface area contributed by atoms with Gasteiger partial charge < -0.3 is 0 Å². The Morgan fingerprint density at radius 2 is 2.45 bits per heavy atom. The van der Waals surface area contributed by atoms with Crippen LogP contribution in [0.3, 0.4) is 0 Å². The second-order valence-corrected chi connectivity index (χ2v) is 3.38. The molecule has 0 spiro atoms. The third-order valence-electron chi connectivity index (χ3n) is 1.87. The first-order chi connectivity index (χ1) is 5.25. The van der Waals surface area contributed by atoms with Crippen LogP contribution in [0.15, 0.2) is 16.8 Å². The number of ketones is 1. The van der Waals surface area contributed by atoms with Crippen LogP contribution in [0.2, 0.25) is 0 Å². The number of thiophene rings is 1. The van der Waals surface area contributed by atoms with Gasteiger partial charge in [-0.15, -0.1) is 0 Å². The Balaban J connectivity index is 2.70. The molecule has 2 heteroatoms. The molecule has 1 unspecified atom stereocenters. The van der Waals surface area contributed by atoms with Crippen molar-refractivity contribution >= 4 is 17.1 Å². The van der Waals surface area contributed by atoms with E-state index >= 15 is 0 Å². The molecule has 0 saturated heterocycles. The highest BCUT2D eigenvalue weighted by Gasteiger charge is 2.12. The van der Waals surface area contributed by atoms with Gasteiger partial charge in [0.05, 0.1) is 0 Å². The molecule has 1 rings (SSSR count). The third-order valence-corrected chi connectivity index (χ3v) is 2.58. The van der Waals surface area contributed by atoms with Gasteiger partial charge in [0.25, 0.3) is 0 Å². The molecule has 1 aromatic rings. The summed E-state index contributed by atoms with van der Waals surface area (Å²) in [5, 5.41) is 4.05. The monoisotopic (exact) mass is 168 g/mol. The summed E-state index contributed by atoms with van der Waals surface area (Å²) in [5.74, 6) is 0.412. The molecular weight excluding hydrogens is 156 g/mol. The first kappa shape index (κ1) is 8.47. The predicted molar refractivity (Wildman–Crippen MR) is 48.0 cm³/mol. The van der Waals surface area contributed by atoms with Gasteiger partial charge in [0.15, 0.2) is 0 Å². The fraction of sp³-hybridized carbons (Fsp3) is 0.444. The fourth-order valence-corrected chi connectivity index (χ4v) is 1.77. The van der Waals surface area contributed by atoms with Crippen LogP contribution < -0.4 is 0 Å². The van der Waals surface area contributed by atoms with Crippen LogP contribution in [0.25, 0.3) is 0 Å². The van der Waals surface area contributed by atoms with E-state index in [4.69, 9.17) is 0 Å². The van der Waals surface area contributed by atoms with Crippen molar-refractivity contribution in [2.24, 2.45) is 0 Å². The minimum Gasteiger partial charge on any atom is -0.299 e. The van der Waals surface area contributed by atoms with Gasteiger partial charge in [-0.3, -0.25) is 4.79 Å². The Hall–Kier alpha value is -0.630. The summed E-state index contributed by atoms with van der Waals surface area (Å²) in [7, 11) is 0. The Kier molecular flexibility index (Phi) is 2.83. The maximum absolute atomic E-state index is 11.2. The van der Waals surface area contributed by atoms with Gasteiger partial charge in [-0.25, -0.2) is 0 Å². The molecule has 0 saturated carbocycles. The number of hydrogen-bond acceptors (Lipinski definition) is 2. The smallest absolute Gasteiger partial charge is 0.139 e. The van der Waals surface area contributed by atoms with Crippen LogP contribution in [0.4, 0.5) is 0 Å². The summed E-state index contributed by atoms with van der Waals surface area (Å²) >= 11 is 1.64. The highest BCUT2D eigenvalue weighted by molar-refractivity contribution is 7.08. The lowest BCUT2D eigenvalue weighted by molar-refractivity contribution is -0.119. The lowest BCUT2D eigenvalue weighted by Crippen LogP contribution is -2.05. The third kappa shape index (κ3) is 1.90. The van der Waals surface area contributed by atoms with Gasteiger partial charge in [0, 0.05) is 12.3 Å². The molecular formula is C9H12OS. The molecule has 0 aliphatic rings. The number of Topliss-reactive ketones (excluding diaryl/α,β-unsaturated/α-hetero) is 1. The molecule has 0 radical (unpaired) electrons. The molecule has 11 heavy (non-hydrogen) atoms. The van der Waals surface area contributed by atoms with Crippen LogP contribution in [0, 0.1) is 0 Å². The van der Waals surface area contributed by atoms with Crippen LogP contribution in [0.1, 0.15) is 31.7 Å². The molecule has 0 aromatic carbocycles. The maximum atomic E-state index is 11.2. The Labute approximate surface area is 71.1 Å². The van der Waals surface area contributed by atoms with Crippen molar-refractivity contribution < 1.29 is 4.79 Å². The van der Waals surface area contributed by atoms with Crippen molar-refractivity contribution in [2.75, 3.05) is 0 Å². The molecule has 1 atom stereocenters. The highest BCUT2D eigenvalue weighted by atomic mass is 32.1. The van der Waals surface area contributed by atoms with Gasteiger partial charge in [0.2, 0.25) is 0 Å². The van der Waals surface area contributed by atoms with Gasteiger partial charge >= 0.3 is 0 Å². The summed E-state index contributed by atoms with van der Waals surface area (Å²) in [6.07, 6.45) is 0.636. The van der Waals surface area contributed by atoms with Gasteiger partial charge in [-0.05, 0) is 22.4 Å². The Morgan fingerprint density at radius 1 is 1.73 bits per heavy atom. The number of carbonyl (C=O) groups excluding carboxylic acids is 1. The molecule has 0 aliphatic carbocycles. The zero-order chi connectivity index (χ0) is 8.27. The standard InChI is InChI=1S/C9H12OS/c1-3-9(10)7(2)8-4-5-11-6-8/h4-7H,3H2,1-2H3. The zero-order valence-electron chi connectivity index (χ0n) is 6.83.